The first-order chi connectivity index (χ1) is 9.47. The Kier molecular flexibility index (Phi) is 5.40. The molecule has 0 bridgehead atoms. The SMILES string of the molecule is CS(=O)(=O)N1CCN(CC(=O)N2CCCCCC2)CC1. The molecule has 7 heteroatoms. The minimum Gasteiger partial charge on any atom is -0.342 e. The lowest BCUT2D eigenvalue weighted by Crippen LogP contribution is -2.51. The maximum absolute atomic E-state index is 12.2. The van der Waals surface area contributed by atoms with Crippen molar-refractivity contribution in [2.24, 2.45) is 0 Å². The van der Waals surface area contributed by atoms with Crippen LogP contribution in [0.5, 0.6) is 0 Å². The highest BCUT2D eigenvalue weighted by Gasteiger charge is 2.25. The topological polar surface area (TPSA) is 60.9 Å². The third-order valence-electron chi connectivity index (χ3n) is 4.12. The highest BCUT2D eigenvalue weighted by molar-refractivity contribution is 7.88. The maximum atomic E-state index is 12.2. The number of piperazine rings is 1. The van der Waals surface area contributed by atoms with Crippen molar-refractivity contribution in [3.05, 3.63) is 0 Å². The molecule has 0 aromatic rings. The van der Waals surface area contributed by atoms with Crippen LogP contribution in [-0.4, -0.2) is 80.5 Å². The van der Waals surface area contributed by atoms with E-state index in [2.05, 4.69) is 4.90 Å². The molecule has 2 rings (SSSR count). The maximum Gasteiger partial charge on any atom is 0.236 e. The Bertz CT molecular complexity index is 422. The molecule has 116 valence electrons. The molecule has 20 heavy (non-hydrogen) atoms. The number of amides is 1. The summed E-state index contributed by atoms with van der Waals surface area (Å²) in [5.74, 6) is 0.194. The van der Waals surface area contributed by atoms with Gasteiger partial charge in [-0.15, -0.1) is 0 Å². The molecule has 2 saturated heterocycles. The molecule has 6 nitrogen and oxygen atoms in total. The Balaban J connectivity index is 1.78. The van der Waals surface area contributed by atoms with Gasteiger partial charge in [0.25, 0.3) is 0 Å². The van der Waals surface area contributed by atoms with Crippen LogP contribution in [0.25, 0.3) is 0 Å². The number of nitrogens with zero attached hydrogens (tertiary/aromatic N) is 3. The molecular weight excluding hydrogens is 278 g/mol. The molecule has 0 radical (unpaired) electrons. The van der Waals surface area contributed by atoms with Crippen LogP contribution in [0, 0.1) is 0 Å². The van der Waals surface area contributed by atoms with E-state index in [1.807, 2.05) is 4.90 Å². The number of carbonyl (C=O) groups excluding carboxylic acids is 1. The minimum atomic E-state index is -3.09. The molecule has 0 aliphatic carbocycles. The summed E-state index contributed by atoms with van der Waals surface area (Å²) in [5.41, 5.74) is 0. The van der Waals surface area contributed by atoms with E-state index in [9.17, 15) is 13.2 Å². The summed E-state index contributed by atoms with van der Waals surface area (Å²) in [6.07, 6.45) is 5.89. The van der Waals surface area contributed by atoms with E-state index in [0.29, 0.717) is 32.7 Å². The fourth-order valence-corrected chi connectivity index (χ4v) is 3.66. The zero-order valence-electron chi connectivity index (χ0n) is 12.3. The van der Waals surface area contributed by atoms with Gasteiger partial charge in [-0.25, -0.2) is 8.42 Å². The lowest BCUT2D eigenvalue weighted by atomic mass is 10.2. The minimum absolute atomic E-state index is 0.194. The van der Waals surface area contributed by atoms with Crippen molar-refractivity contribution in [3.8, 4) is 0 Å². The fourth-order valence-electron chi connectivity index (χ4n) is 2.83. The van der Waals surface area contributed by atoms with Crippen LogP contribution in [-0.2, 0) is 14.8 Å². The summed E-state index contributed by atoms with van der Waals surface area (Å²) in [6, 6.07) is 0. The molecule has 0 aromatic carbocycles. The van der Waals surface area contributed by atoms with Gasteiger partial charge in [0, 0.05) is 39.3 Å². The van der Waals surface area contributed by atoms with Crippen LogP contribution in [0.1, 0.15) is 25.7 Å². The summed E-state index contributed by atoms with van der Waals surface area (Å²) < 4.78 is 24.4. The average Bonchev–Trinajstić information content (AvgIpc) is 2.67. The second-order valence-corrected chi connectivity index (χ2v) is 7.72. The van der Waals surface area contributed by atoms with Gasteiger partial charge in [0.15, 0.2) is 0 Å². The van der Waals surface area contributed by atoms with Gasteiger partial charge in [-0.2, -0.15) is 4.31 Å². The van der Waals surface area contributed by atoms with E-state index < -0.39 is 10.0 Å². The molecule has 0 N–H and O–H groups in total. The number of rotatable bonds is 3. The van der Waals surface area contributed by atoms with Gasteiger partial charge in [0.05, 0.1) is 12.8 Å². The predicted octanol–water partition coefficient (Wildman–Crippen LogP) is -0.0338. The van der Waals surface area contributed by atoms with Gasteiger partial charge in [-0.1, -0.05) is 12.8 Å². The van der Waals surface area contributed by atoms with Crippen molar-refractivity contribution in [3.63, 3.8) is 0 Å². The van der Waals surface area contributed by atoms with Crippen molar-refractivity contribution in [1.29, 1.82) is 0 Å². The predicted molar refractivity (Wildman–Crippen MR) is 77.9 cm³/mol. The molecule has 0 unspecified atom stereocenters. The third kappa shape index (κ3) is 4.43. The van der Waals surface area contributed by atoms with E-state index in [-0.39, 0.29) is 5.91 Å². The van der Waals surface area contributed by atoms with Crippen molar-refractivity contribution in [2.75, 3.05) is 52.1 Å². The summed E-state index contributed by atoms with van der Waals surface area (Å²) >= 11 is 0. The van der Waals surface area contributed by atoms with Crippen molar-refractivity contribution in [2.45, 2.75) is 25.7 Å². The van der Waals surface area contributed by atoms with Crippen LogP contribution < -0.4 is 0 Å². The zero-order chi connectivity index (χ0) is 14.6. The highest BCUT2D eigenvalue weighted by atomic mass is 32.2. The van der Waals surface area contributed by atoms with Crippen molar-refractivity contribution in [1.82, 2.24) is 14.1 Å². The van der Waals surface area contributed by atoms with E-state index >= 15 is 0 Å². The number of hydrogen-bond donors (Lipinski definition) is 0. The molecule has 2 fully saturated rings. The van der Waals surface area contributed by atoms with Gasteiger partial charge in [0.1, 0.15) is 0 Å². The third-order valence-corrected chi connectivity index (χ3v) is 5.42. The quantitative estimate of drug-likeness (QED) is 0.734. The van der Waals surface area contributed by atoms with Crippen LogP contribution in [0.15, 0.2) is 0 Å². The van der Waals surface area contributed by atoms with E-state index in [1.54, 1.807) is 0 Å². The molecule has 1 amide bonds. The number of carbonyl (C=O) groups is 1. The highest BCUT2D eigenvalue weighted by Crippen LogP contribution is 2.11. The normalized spacial score (nSPS) is 23.6. The molecule has 2 aliphatic heterocycles. The first-order valence-corrected chi connectivity index (χ1v) is 9.27. The van der Waals surface area contributed by atoms with Crippen LogP contribution in [0.3, 0.4) is 0 Å². The summed E-state index contributed by atoms with van der Waals surface area (Å²) in [6.45, 7) is 4.46. The van der Waals surface area contributed by atoms with Crippen LogP contribution in [0.4, 0.5) is 0 Å². The Morgan fingerprint density at radius 1 is 0.900 bits per heavy atom. The molecular formula is C13H25N3O3S. The van der Waals surface area contributed by atoms with Crippen LogP contribution >= 0.6 is 0 Å². The smallest absolute Gasteiger partial charge is 0.236 e. The summed E-state index contributed by atoms with van der Waals surface area (Å²) in [5, 5.41) is 0. The van der Waals surface area contributed by atoms with Crippen molar-refractivity contribution >= 4 is 15.9 Å². The van der Waals surface area contributed by atoms with E-state index in [4.69, 9.17) is 0 Å². The Hall–Kier alpha value is -0.660. The van der Waals surface area contributed by atoms with E-state index in [0.717, 1.165) is 25.9 Å². The Labute approximate surface area is 121 Å². The van der Waals surface area contributed by atoms with Gasteiger partial charge >= 0.3 is 0 Å². The molecule has 2 aliphatic rings. The second-order valence-electron chi connectivity index (χ2n) is 5.73. The van der Waals surface area contributed by atoms with Crippen LogP contribution in [0.2, 0.25) is 0 Å². The molecule has 0 spiro atoms. The number of hydrogen-bond acceptors (Lipinski definition) is 4. The monoisotopic (exact) mass is 303 g/mol. The Morgan fingerprint density at radius 3 is 1.95 bits per heavy atom. The van der Waals surface area contributed by atoms with Gasteiger partial charge in [0.2, 0.25) is 15.9 Å². The molecule has 0 aromatic heterocycles. The van der Waals surface area contributed by atoms with Gasteiger partial charge in [-0.3, -0.25) is 9.69 Å². The molecule has 0 atom stereocenters. The fraction of sp³-hybridized carbons (Fsp3) is 0.923. The lowest BCUT2D eigenvalue weighted by Gasteiger charge is -2.34. The first kappa shape index (κ1) is 15.7. The number of likely N-dealkylation sites (tertiary alicyclic amines) is 1. The largest absolute Gasteiger partial charge is 0.342 e. The Morgan fingerprint density at radius 2 is 1.45 bits per heavy atom. The van der Waals surface area contributed by atoms with Crippen molar-refractivity contribution < 1.29 is 13.2 Å². The standard InChI is InChI=1S/C13H25N3O3S/c1-20(18,19)16-10-8-14(9-11-16)12-13(17)15-6-4-2-3-5-7-15/h2-12H2,1H3. The average molecular weight is 303 g/mol. The van der Waals surface area contributed by atoms with Gasteiger partial charge < -0.3 is 4.90 Å². The first-order valence-electron chi connectivity index (χ1n) is 7.42. The molecule has 2 heterocycles. The van der Waals surface area contributed by atoms with Gasteiger partial charge in [-0.05, 0) is 12.8 Å². The number of sulfonamides is 1. The molecule has 0 saturated carbocycles. The summed E-state index contributed by atoms with van der Waals surface area (Å²) in [4.78, 5) is 16.3. The zero-order valence-corrected chi connectivity index (χ0v) is 13.1. The lowest BCUT2D eigenvalue weighted by molar-refractivity contribution is -0.132. The van der Waals surface area contributed by atoms with E-state index in [1.165, 1.54) is 23.4 Å². The summed E-state index contributed by atoms with van der Waals surface area (Å²) in [7, 11) is -3.09. The second kappa shape index (κ2) is 6.87.